The van der Waals surface area contributed by atoms with E-state index >= 15 is 0 Å². The van der Waals surface area contributed by atoms with Crippen LogP contribution in [-0.4, -0.2) is 22.6 Å². The Morgan fingerprint density at radius 3 is 2.46 bits per heavy atom. The van der Waals surface area contributed by atoms with Crippen molar-refractivity contribution in [2.75, 3.05) is 18.0 Å². The van der Waals surface area contributed by atoms with E-state index in [9.17, 15) is 0 Å². The van der Waals surface area contributed by atoms with Gasteiger partial charge in [-0.05, 0) is 26.2 Å². The Hall–Kier alpha value is -0.990. The first-order chi connectivity index (χ1) is 6.29. The zero-order chi connectivity index (χ0) is 9.26. The van der Waals surface area contributed by atoms with Crippen LogP contribution in [0.25, 0.3) is 0 Å². The summed E-state index contributed by atoms with van der Waals surface area (Å²) in [5.74, 6) is 1.14. The zero-order valence-corrected chi connectivity index (χ0v) is 8.45. The summed E-state index contributed by atoms with van der Waals surface area (Å²) in [7, 11) is 2.09. The van der Waals surface area contributed by atoms with E-state index in [1.165, 1.54) is 38.0 Å². The molecular weight excluding hydrogens is 162 g/mol. The number of aromatic nitrogens is 2. The van der Waals surface area contributed by atoms with Crippen LogP contribution in [0, 0.1) is 6.92 Å². The predicted molar refractivity (Wildman–Crippen MR) is 54.0 cm³/mol. The van der Waals surface area contributed by atoms with Crippen molar-refractivity contribution in [2.24, 2.45) is 7.05 Å². The van der Waals surface area contributed by atoms with Gasteiger partial charge in [0.2, 0.25) is 5.95 Å². The lowest BCUT2D eigenvalue weighted by Gasteiger charge is -2.27. The standard InChI is InChI=1S/C10H17N3/c1-9-8-11-10(12(9)2)13-6-4-3-5-7-13/h8H,3-7H2,1-2H3. The third-order valence-corrected chi connectivity index (χ3v) is 2.83. The first kappa shape index (κ1) is 8.60. The summed E-state index contributed by atoms with van der Waals surface area (Å²) in [6.07, 6.45) is 5.95. The molecule has 0 spiro atoms. The van der Waals surface area contributed by atoms with Crippen molar-refractivity contribution in [2.45, 2.75) is 26.2 Å². The number of aryl methyl sites for hydroxylation is 1. The quantitative estimate of drug-likeness (QED) is 0.654. The van der Waals surface area contributed by atoms with Gasteiger partial charge in [0.25, 0.3) is 0 Å². The molecule has 0 saturated carbocycles. The van der Waals surface area contributed by atoms with Gasteiger partial charge in [-0.1, -0.05) is 0 Å². The minimum absolute atomic E-state index is 1.14. The highest BCUT2D eigenvalue weighted by Gasteiger charge is 2.14. The van der Waals surface area contributed by atoms with Gasteiger partial charge in [-0.2, -0.15) is 0 Å². The molecule has 1 aromatic rings. The van der Waals surface area contributed by atoms with E-state index in [1.54, 1.807) is 0 Å². The summed E-state index contributed by atoms with van der Waals surface area (Å²) in [4.78, 5) is 6.81. The number of piperidine rings is 1. The first-order valence-electron chi connectivity index (χ1n) is 5.02. The summed E-state index contributed by atoms with van der Waals surface area (Å²) in [6.45, 7) is 4.44. The number of nitrogens with zero attached hydrogens (tertiary/aromatic N) is 3. The Balaban J connectivity index is 2.18. The van der Waals surface area contributed by atoms with Crippen LogP contribution in [0.3, 0.4) is 0 Å². The third-order valence-electron chi connectivity index (χ3n) is 2.83. The van der Waals surface area contributed by atoms with Crippen molar-refractivity contribution < 1.29 is 0 Å². The van der Waals surface area contributed by atoms with E-state index in [-0.39, 0.29) is 0 Å². The Bertz CT molecular complexity index is 284. The molecule has 0 N–H and O–H groups in total. The third kappa shape index (κ3) is 1.55. The second-order valence-electron chi connectivity index (χ2n) is 3.81. The van der Waals surface area contributed by atoms with Crippen LogP contribution in [0.4, 0.5) is 5.95 Å². The maximum Gasteiger partial charge on any atom is 0.205 e. The lowest BCUT2D eigenvalue weighted by atomic mass is 10.1. The van der Waals surface area contributed by atoms with Crippen LogP contribution in [-0.2, 0) is 7.05 Å². The smallest absolute Gasteiger partial charge is 0.205 e. The van der Waals surface area contributed by atoms with Crippen LogP contribution in [0.15, 0.2) is 6.20 Å². The molecule has 0 atom stereocenters. The topological polar surface area (TPSA) is 21.1 Å². The lowest BCUT2D eigenvalue weighted by Crippen LogP contribution is -2.31. The molecule has 1 fully saturated rings. The summed E-state index contributed by atoms with van der Waals surface area (Å²) in [6, 6.07) is 0. The summed E-state index contributed by atoms with van der Waals surface area (Å²) >= 11 is 0. The Morgan fingerprint density at radius 1 is 1.23 bits per heavy atom. The predicted octanol–water partition coefficient (Wildman–Crippen LogP) is 1.72. The zero-order valence-electron chi connectivity index (χ0n) is 8.45. The second kappa shape index (κ2) is 3.40. The molecule has 3 heteroatoms. The van der Waals surface area contributed by atoms with E-state index in [2.05, 4.69) is 28.4 Å². The van der Waals surface area contributed by atoms with Crippen molar-refractivity contribution in [3.63, 3.8) is 0 Å². The van der Waals surface area contributed by atoms with Crippen LogP contribution in [0.2, 0.25) is 0 Å². The van der Waals surface area contributed by atoms with Crippen LogP contribution in [0.5, 0.6) is 0 Å². The Kier molecular flexibility index (Phi) is 2.25. The highest BCUT2D eigenvalue weighted by Crippen LogP contribution is 2.18. The highest BCUT2D eigenvalue weighted by atomic mass is 15.3. The average Bonchev–Trinajstić information content (AvgIpc) is 2.49. The minimum atomic E-state index is 1.14. The SMILES string of the molecule is Cc1cnc(N2CCCCC2)n1C. The summed E-state index contributed by atoms with van der Waals surface area (Å²) < 4.78 is 2.17. The molecule has 2 rings (SSSR count). The fourth-order valence-electron chi connectivity index (χ4n) is 1.87. The maximum absolute atomic E-state index is 4.43. The molecule has 0 unspecified atom stereocenters. The van der Waals surface area contributed by atoms with E-state index in [1.807, 2.05) is 6.20 Å². The molecule has 1 aliphatic heterocycles. The molecule has 1 aliphatic rings. The van der Waals surface area contributed by atoms with Gasteiger partial charge in [-0.25, -0.2) is 4.98 Å². The number of rotatable bonds is 1. The molecule has 0 bridgehead atoms. The highest BCUT2D eigenvalue weighted by molar-refractivity contribution is 5.33. The fraction of sp³-hybridized carbons (Fsp3) is 0.700. The molecule has 0 amide bonds. The van der Waals surface area contributed by atoms with E-state index in [0.29, 0.717) is 0 Å². The molecule has 13 heavy (non-hydrogen) atoms. The van der Waals surface area contributed by atoms with Gasteiger partial charge in [-0.15, -0.1) is 0 Å². The van der Waals surface area contributed by atoms with Gasteiger partial charge in [0.1, 0.15) is 0 Å². The van der Waals surface area contributed by atoms with Crippen molar-refractivity contribution >= 4 is 5.95 Å². The van der Waals surface area contributed by atoms with Gasteiger partial charge < -0.3 is 9.47 Å². The summed E-state index contributed by atoms with van der Waals surface area (Å²) in [5.41, 5.74) is 1.24. The van der Waals surface area contributed by atoms with Crippen LogP contribution < -0.4 is 4.90 Å². The monoisotopic (exact) mass is 179 g/mol. The molecular formula is C10H17N3. The first-order valence-corrected chi connectivity index (χ1v) is 5.02. The average molecular weight is 179 g/mol. The molecule has 0 aliphatic carbocycles. The van der Waals surface area contributed by atoms with Gasteiger partial charge in [0.05, 0.1) is 6.20 Å². The normalized spacial score (nSPS) is 17.8. The molecule has 72 valence electrons. The molecule has 0 radical (unpaired) electrons. The van der Waals surface area contributed by atoms with Gasteiger partial charge in [0.15, 0.2) is 0 Å². The van der Waals surface area contributed by atoms with Crippen LogP contribution >= 0.6 is 0 Å². The molecule has 0 aromatic carbocycles. The van der Waals surface area contributed by atoms with Gasteiger partial charge in [0, 0.05) is 25.8 Å². The molecule has 2 heterocycles. The van der Waals surface area contributed by atoms with Gasteiger partial charge >= 0.3 is 0 Å². The Morgan fingerprint density at radius 2 is 1.92 bits per heavy atom. The molecule has 3 nitrogen and oxygen atoms in total. The van der Waals surface area contributed by atoms with Crippen molar-refractivity contribution in [1.82, 2.24) is 9.55 Å². The lowest BCUT2D eigenvalue weighted by molar-refractivity contribution is 0.561. The van der Waals surface area contributed by atoms with Crippen molar-refractivity contribution in [1.29, 1.82) is 0 Å². The second-order valence-corrected chi connectivity index (χ2v) is 3.81. The Labute approximate surface area is 79.4 Å². The maximum atomic E-state index is 4.43. The molecule has 1 saturated heterocycles. The van der Waals surface area contributed by atoms with E-state index in [4.69, 9.17) is 0 Å². The number of anilines is 1. The van der Waals surface area contributed by atoms with Crippen molar-refractivity contribution in [3.05, 3.63) is 11.9 Å². The minimum Gasteiger partial charge on any atom is -0.342 e. The van der Waals surface area contributed by atoms with Crippen molar-refractivity contribution in [3.8, 4) is 0 Å². The summed E-state index contributed by atoms with van der Waals surface area (Å²) in [5, 5.41) is 0. The molecule has 1 aromatic heterocycles. The fourth-order valence-corrected chi connectivity index (χ4v) is 1.87. The van der Waals surface area contributed by atoms with Gasteiger partial charge in [-0.3, -0.25) is 0 Å². The van der Waals surface area contributed by atoms with Crippen LogP contribution in [0.1, 0.15) is 25.0 Å². The largest absolute Gasteiger partial charge is 0.342 e. The number of imidazole rings is 1. The number of hydrogen-bond donors (Lipinski definition) is 0. The van der Waals surface area contributed by atoms with E-state index in [0.717, 1.165) is 5.95 Å². The number of hydrogen-bond acceptors (Lipinski definition) is 2. The van der Waals surface area contributed by atoms with E-state index < -0.39 is 0 Å².